The summed E-state index contributed by atoms with van der Waals surface area (Å²) in [5.74, 6) is 0.0463. The van der Waals surface area contributed by atoms with E-state index in [1.165, 1.54) is 17.7 Å². The van der Waals surface area contributed by atoms with Crippen LogP contribution in [-0.2, 0) is 11.3 Å². The van der Waals surface area contributed by atoms with Gasteiger partial charge in [0.25, 0.3) is 0 Å². The molecule has 4 nitrogen and oxygen atoms in total. The summed E-state index contributed by atoms with van der Waals surface area (Å²) in [7, 11) is 0. The third-order valence-corrected chi connectivity index (χ3v) is 5.85. The number of pyridine rings is 1. The standard InChI is InChI=1S/C27H27FN2O2/c1-19(2)25-16-23(17-26(29-25)22-8-10-24(28)11-9-22)21-12-14-30(15-13-21)27(31)32-18-20-6-4-3-5-7-20/h3-11,16-17,21H,1,12-15,18H2,2H3. The highest BCUT2D eigenvalue weighted by Gasteiger charge is 2.25. The first-order valence-corrected chi connectivity index (χ1v) is 10.9. The van der Waals surface area contributed by atoms with E-state index in [2.05, 4.69) is 18.7 Å². The smallest absolute Gasteiger partial charge is 0.410 e. The van der Waals surface area contributed by atoms with E-state index < -0.39 is 0 Å². The zero-order valence-electron chi connectivity index (χ0n) is 18.3. The molecule has 4 rings (SSSR count). The maximum atomic E-state index is 13.4. The van der Waals surface area contributed by atoms with Gasteiger partial charge in [0.05, 0.1) is 11.4 Å². The summed E-state index contributed by atoms with van der Waals surface area (Å²) in [5.41, 5.74) is 5.56. The number of allylic oxidation sites excluding steroid dienone is 1. The molecule has 1 saturated heterocycles. The number of amides is 1. The van der Waals surface area contributed by atoms with E-state index in [4.69, 9.17) is 9.72 Å². The fourth-order valence-electron chi connectivity index (χ4n) is 3.98. The molecular weight excluding hydrogens is 403 g/mol. The number of hydrogen-bond donors (Lipinski definition) is 0. The summed E-state index contributed by atoms with van der Waals surface area (Å²) in [5, 5.41) is 0. The second-order valence-electron chi connectivity index (χ2n) is 8.26. The fourth-order valence-corrected chi connectivity index (χ4v) is 3.98. The molecule has 2 aromatic carbocycles. The minimum absolute atomic E-state index is 0.267. The Labute approximate surface area is 188 Å². The van der Waals surface area contributed by atoms with E-state index in [-0.39, 0.29) is 18.5 Å². The Morgan fingerprint density at radius 3 is 2.44 bits per heavy atom. The maximum absolute atomic E-state index is 13.4. The Morgan fingerprint density at radius 1 is 1.09 bits per heavy atom. The number of nitrogens with zero attached hydrogens (tertiary/aromatic N) is 2. The van der Waals surface area contributed by atoms with Gasteiger partial charge in [0.1, 0.15) is 12.4 Å². The van der Waals surface area contributed by atoms with Crippen molar-refractivity contribution in [1.82, 2.24) is 9.88 Å². The van der Waals surface area contributed by atoms with Crippen LogP contribution in [0, 0.1) is 5.82 Å². The molecule has 0 atom stereocenters. The van der Waals surface area contributed by atoms with Gasteiger partial charge in [-0.25, -0.2) is 14.2 Å². The van der Waals surface area contributed by atoms with Crippen LogP contribution in [0.1, 0.15) is 42.5 Å². The van der Waals surface area contributed by atoms with Crippen molar-refractivity contribution in [3.8, 4) is 11.3 Å². The second-order valence-corrected chi connectivity index (χ2v) is 8.26. The number of likely N-dealkylation sites (tertiary alicyclic amines) is 1. The largest absolute Gasteiger partial charge is 0.445 e. The topological polar surface area (TPSA) is 42.4 Å². The maximum Gasteiger partial charge on any atom is 0.410 e. The number of halogens is 1. The molecule has 0 radical (unpaired) electrons. The predicted octanol–water partition coefficient (Wildman–Crippen LogP) is 6.44. The molecule has 0 unspecified atom stereocenters. The number of aromatic nitrogens is 1. The molecule has 1 aliphatic rings. The lowest BCUT2D eigenvalue weighted by Gasteiger charge is -2.32. The zero-order valence-corrected chi connectivity index (χ0v) is 18.3. The molecule has 1 aromatic heterocycles. The predicted molar refractivity (Wildman–Crippen MR) is 125 cm³/mol. The normalized spacial score (nSPS) is 14.2. The van der Waals surface area contributed by atoms with Crippen molar-refractivity contribution >= 4 is 11.7 Å². The van der Waals surface area contributed by atoms with Gasteiger partial charge in [-0.05, 0) is 78.8 Å². The van der Waals surface area contributed by atoms with Crippen molar-refractivity contribution < 1.29 is 13.9 Å². The van der Waals surface area contributed by atoms with Gasteiger partial charge in [-0.1, -0.05) is 36.9 Å². The Balaban J connectivity index is 1.44. The SMILES string of the molecule is C=C(C)c1cc(C2CCN(C(=O)OCc3ccccc3)CC2)cc(-c2ccc(F)cc2)n1. The number of carbonyl (C=O) groups is 1. The summed E-state index contributed by atoms with van der Waals surface area (Å²) in [6.07, 6.45) is 1.43. The number of piperidine rings is 1. The quantitative estimate of drug-likeness (QED) is 0.468. The minimum Gasteiger partial charge on any atom is -0.445 e. The first-order chi connectivity index (χ1) is 15.5. The van der Waals surface area contributed by atoms with Crippen molar-refractivity contribution in [3.63, 3.8) is 0 Å². The van der Waals surface area contributed by atoms with E-state index in [9.17, 15) is 9.18 Å². The van der Waals surface area contributed by atoms with Crippen LogP contribution in [0.5, 0.6) is 0 Å². The van der Waals surface area contributed by atoms with E-state index >= 15 is 0 Å². The van der Waals surface area contributed by atoms with Crippen molar-refractivity contribution in [2.75, 3.05) is 13.1 Å². The van der Waals surface area contributed by atoms with Gasteiger partial charge >= 0.3 is 6.09 Å². The average Bonchev–Trinajstić information content (AvgIpc) is 2.83. The number of hydrogen-bond acceptors (Lipinski definition) is 3. The molecular formula is C27H27FN2O2. The molecule has 1 amide bonds. The van der Waals surface area contributed by atoms with Crippen LogP contribution in [0.15, 0.2) is 73.3 Å². The van der Waals surface area contributed by atoms with Crippen molar-refractivity contribution in [3.05, 3.63) is 95.9 Å². The lowest BCUT2D eigenvalue weighted by Crippen LogP contribution is -2.38. The van der Waals surface area contributed by atoms with E-state index in [0.717, 1.165) is 40.9 Å². The summed E-state index contributed by atoms with van der Waals surface area (Å²) < 4.78 is 18.8. The Morgan fingerprint density at radius 2 is 1.78 bits per heavy atom. The highest BCUT2D eigenvalue weighted by molar-refractivity contribution is 5.68. The first-order valence-electron chi connectivity index (χ1n) is 10.9. The molecule has 32 heavy (non-hydrogen) atoms. The molecule has 0 saturated carbocycles. The lowest BCUT2D eigenvalue weighted by atomic mass is 9.88. The van der Waals surface area contributed by atoms with E-state index in [1.54, 1.807) is 17.0 Å². The summed E-state index contributed by atoms with van der Waals surface area (Å²) in [4.78, 5) is 19.0. The van der Waals surface area contributed by atoms with E-state index in [0.29, 0.717) is 19.0 Å². The minimum atomic E-state index is -0.267. The number of rotatable bonds is 5. The van der Waals surface area contributed by atoms with Crippen LogP contribution >= 0.6 is 0 Å². The third kappa shape index (κ3) is 5.22. The summed E-state index contributed by atoms with van der Waals surface area (Å²) in [6.45, 7) is 7.57. The van der Waals surface area contributed by atoms with Gasteiger partial charge in [0, 0.05) is 18.7 Å². The molecule has 0 spiro atoms. The fraction of sp³-hybridized carbons (Fsp3) is 0.259. The molecule has 2 heterocycles. The van der Waals surface area contributed by atoms with Crippen LogP contribution < -0.4 is 0 Å². The van der Waals surface area contributed by atoms with E-state index in [1.807, 2.05) is 37.3 Å². The van der Waals surface area contributed by atoms with Gasteiger partial charge in [0.2, 0.25) is 0 Å². The molecule has 0 aliphatic carbocycles. The molecule has 0 bridgehead atoms. The van der Waals surface area contributed by atoms with Crippen LogP contribution in [0.3, 0.4) is 0 Å². The number of ether oxygens (including phenoxy) is 1. The van der Waals surface area contributed by atoms with Gasteiger partial charge in [0.15, 0.2) is 0 Å². The van der Waals surface area contributed by atoms with Gasteiger partial charge in [-0.15, -0.1) is 0 Å². The van der Waals surface area contributed by atoms with Gasteiger partial charge in [-0.2, -0.15) is 0 Å². The van der Waals surface area contributed by atoms with Crippen LogP contribution in [0.2, 0.25) is 0 Å². The van der Waals surface area contributed by atoms with Crippen LogP contribution in [-0.4, -0.2) is 29.1 Å². The highest BCUT2D eigenvalue weighted by Crippen LogP contribution is 2.32. The Kier molecular flexibility index (Phi) is 6.64. The highest BCUT2D eigenvalue weighted by atomic mass is 19.1. The lowest BCUT2D eigenvalue weighted by molar-refractivity contribution is 0.0870. The molecule has 0 N–H and O–H groups in total. The third-order valence-electron chi connectivity index (χ3n) is 5.85. The molecule has 164 valence electrons. The Bertz CT molecular complexity index is 1090. The van der Waals surface area contributed by atoms with Crippen LogP contribution in [0.25, 0.3) is 16.8 Å². The monoisotopic (exact) mass is 430 g/mol. The Hall–Kier alpha value is -3.47. The zero-order chi connectivity index (χ0) is 22.5. The van der Waals surface area contributed by atoms with Crippen molar-refractivity contribution in [2.45, 2.75) is 32.3 Å². The molecule has 1 fully saturated rings. The van der Waals surface area contributed by atoms with Crippen molar-refractivity contribution in [1.29, 1.82) is 0 Å². The average molecular weight is 431 g/mol. The summed E-state index contributed by atoms with van der Waals surface area (Å²) in [6, 6.07) is 20.2. The second kappa shape index (κ2) is 9.77. The molecule has 3 aromatic rings. The molecule has 1 aliphatic heterocycles. The van der Waals surface area contributed by atoms with Gasteiger partial charge in [-0.3, -0.25) is 0 Å². The van der Waals surface area contributed by atoms with Crippen molar-refractivity contribution in [2.24, 2.45) is 0 Å². The van der Waals surface area contributed by atoms with Crippen LogP contribution in [0.4, 0.5) is 9.18 Å². The summed E-state index contributed by atoms with van der Waals surface area (Å²) >= 11 is 0. The van der Waals surface area contributed by atoms with Gasteiger partial charge < -0.3 is 9.64 Å². The number of benzene rings is 2. The first kappa shape index (κ1) is 21.8. The number of carbonyl (C=O) groups excluding carboxylic acids is 1. The molecule has 5 heteroatoms.